The van der Waals surface area contributed by atoms with Crippen LogP contribution in [0.4, 0.5) is 23.2 Å². The Morgan fingerprint density at radius 1 is 1.22 bits per heavy atom. The second kappa shape index (κ2) is 9.98. The standard InChI is InChI=1S/C20H21F4N3O4S/c1-12(2)31-19-14(5-8-17(26-19)20(22,23)24)6-9-18(28)25-11-13-4-7-16(15(21)10-13)27-32(3,29)30/h4-10,12,27H,11H2,1-3H3,(H,25,28)/b9-6+. The molecular formula is C20H21F4N3O4S. The van der Waals surface area contributed by atoms with Gasteiger partial charge >= 0.3 is 6.18 Å². The molecule has 2 aromatic rings. The van der Waals surface area contributed by atoms with Crippen LogP contribution in [-0.2, 0) is 27.5 Å². The van der Waals surface area contributed by atoms with Gasteiger partial charge in [0, 0.05) is 18.2 Å². The van der Waals surface area contributed by atoms with E-state index in [1.807, 2.05) is 4.72 Å². The Kier molecular flexibility index (Phi) is 7.83. The molecule has 0 aliphatic carbocycles. The first-order chi connectivity index (χ1) is 14.7. The van der Waals surface area contributed by atoms with Gasteiger partial charge in [0.25, 0.3) is 0 Å². The Bertz CT molecular complexity index is 1120. The number of ether oxygens (including phenoxy) is 1. The van der Waals surface area contributed by atoms with Gasteiger partial charge in [0.2, 0.25) is 21.8 Å². The number of sulfonamides is 1. The van der Waals surface area contributed by atoms with Gasteiger partial charge in [0.05, 0.1) is 18.0 Å². The predicted octanol–water partition coefficient (Wildman–Crippen LogP) is 3.73. The number of amides is 1. The maximum absolute atomic E-state index is 14.0. The molecule has 1 aromatic heterocycles. The third-order valence-corrected chi connectivity index (χ3v) is 4.33. The molecule has 32 heavy (non-hydrogen) atoms. The Morgan fingerprint density at radius 3 is 2.47 bits per heavy atom. The minimum absolute atomic E-state index is 0.0696. The number of benzene rings is 1. The summed E-state index contributed by atoms with van der Waals surface area (Å²) in [6.07, 6.45) is -1.87. The van der Waals surface area contributed by atoms with Crippen molar-refractivity contribution in [2.24, 2.45) is 0 Å². The van der Waals surface area contributed by atoms with E-state index in [1.165, 1.54) is 18.2 Å². The molecule has 0 unspecified atom stereocenters. The van der Waals surface area contributed by atoms with Gasteiger partial charge in [-0.15, -0.1) is 0 Å². The molecule has 0 fully saturated rings. The first-order valence-electron chi connectivity index (χ1n) is 9.21. The van der Waals surface area contributed by atoms with Crippen LogP contribution in [0.1, 0.15) is 30.7 Å². The normalized spacial score (nSPS) is 12.2. The third kappa shape index (κ3) is 7.84. The number of rotatable bonds is 8. The summed E-state index contributed by atoms with van der Waals surface area (Å²) in [7, 11) is -3.64. The second-order valence-electron chi connectivity index (χ2n) is 6.99. The lowest BCUT2D eigenvalue weighted by molar-refractivity contribution is -0.141. The monoisotopic (exact) mass is 475 g/mol. The van der Waals surface area contributed by atoms with Crippen molar-refractivity contribution in [2.45, 2.75) is 32.7 Å². The molecule has 0 radical (unpaired) electrons. The van der Waals surface area contributed by atoms with Gasteiger partial charge in [-0.3, -0.25) is 9.52 Å². The molecule has 2 N–H and O–H groups in total. The number of aromatic nitrogens is 1. The minimum atomic E-state index is -4.64. The molecule has 1 aromatic carbocycles. The third-order valence-electron chi connectivity index (χ3n) is 3.74. The molecule has 0 bridgehead atoms. The van der Waals surface area contributed by atoms with E-state index in [2.05, 4.69) is 10.3 Å². The van der Waals surface area contributed by atoms with Gasteiger partial charge in [0.15, 0.2) is 0 Å². The Labute approximate surface area is 182 Å². The zero-order valence-corrected chi connectivity index (χ0v) is 18.1. The largest absolute Gasteiger partial charge is 0.475 e. The van der Waals surface area contributed by atoms with Crippen LogP contribution in [0.15, 0.2) is 36.4 Å². The van der Waals surface area contributed by atoms with Crippen molar-refractivity contribution in [2.75, 3.05) is 11.0 Å². The summed E-state index contributed by atoms with van der Waals surface area (Å²) in [6, 6.07) is 5.62. The zero-order chi connectivity index (χ0) is 24.1. The lowest BCUT2D eigenvalue weighted by Crippen LogP contribution is -2.20. The molecule has 0 saturated carbocycles. The highest BCUT2D eigenvalue weighted by Gasteiger charge is 2.33. The molecular weight excluding hydrogens is 454 g/mol. The highest BCUT2D eigenvalue weighted by atomic mass is 32.2. The molecule has 0 aliphatic heterocycles. The van der Waals surface area contributed by atoms with E-state index in [1.54, 1.807) is 13.8 Å². The maximum atomic E-state index is 14.0. The smallest absolute Gasteiger partial charge is 0.433 e. The summed E-state index contributed by atoms with van der Waals surface area (Å²) in [5, 5.41) is 2.49. The topological polar surface area (TPSA) is 97.4 Å². The number of pyridine rings is 1. The Morgan fingerprint density at radius 2 is 1.91 bits per heavy atom. The van der Waals surface area contributed by atoms with E-state index < -0.39 is 39.7 Å². The zero-order valence-electron chi connectivity index (χ0n) is 17.3. The average molecular weight is 475 g/mol. The first kappa shape index (κ1) is 25.1. The van der Waals surface area contributed by atoms with Crippen LogP contribution in [-0.4, -0.2) is 31.7 Å². The molecule has 0 aliphatic rings. The van der Waals surface area contributed by atoms with Crippen molar-refractivity contribution >= 4 is 27.7 Å². The van der Waals surface area contributed by atoms with Crippen LogP contribution in [0.25, 0.3) is 6.08 Å². The first-order valence-corrected chi connectivity index (χ1v) is 11.1. The second-order valence-corrected chi connectivity index (χ2v) is 8.74. The van der Waals surface area contributed by atoms with Crippen LogP contribution < -0.4 is 14.8 Å². The number of hydrogen-bond acceptors (Lipinski definition) is 5. The molecule has 1 amide bonds. The summed E-state index contributed by atoms with van der Waals surface area (Å²) >= 11 is 0. The number of carbonyl (C=O) groups is 1. The summed E-state index contributed by atoms with van der Waals surface area (Å²) in [5.74, 6) is -1.68. The molecule has 0 spiro atoms. The summed E-state index contributed by atoms with van der Waals surface area (Å²) < 4.78 is 82.3. The van der Waals surface area contributed by atoms with E-state index in [-0.39, 0.29) is 23.7 Å². The van der Waals surface area contributed by atoms with Crippen LogP contribution >= 0.6 is 0 Å². The SMILES string of the molecule is CC(C)Oc1nc(C(F)(F)F)ccc1/C=C/C(=O)NCc1ccc(NS(C)(=O)=O)c(F)c1. The highest BCUT2D eigenvalue weighted by Crippen LogP contribution is 2.31. The number of hydrogen-bond donors (Lipinski definition) is 2. The van der Waals surface area contributed by atoms with Gasteiger partial charge in [-0.2, -0.15) is 13.2 Å². The fraction of sp³-hybridized carbons (Fsp3) is 0.300. The number of nitrogens with one attached hydrogen (secondary N) is 2. The van der Waals surface area contributed by atoms with E-state index in [0.717, 1.165) is 30.5 Å². The van der Waals surface area contributed by atoms with Crippen molar-refractivity contribution in [1.29, 1.82) is 0 Å². The van der Waals surface area contributed by atoms with Crippen molar-refractivity contribution < 1.29 is 35.5 Å². The van der Waals surface area contributed by atoms with E-state index in [0.29, 0.717) is 5.56 Å². The van der Waals surface area contributed by atoms with E-state index in [4.69, 9.17) is 4.74 Å². The number of carbonyl (C=O) groups excluding carboxylic acids is 1. The number of halogens is 4. The average Bonchev–Trinajstić information content (AvgIpc) is 2.65. The summed E-state index contributed by atoms with van der Waals surface area (Å²) in [5.41, 5.74) is -0.812. The van der Waals surface area contributed by atoms with Gasteiger partial charge < -0.3 is 10.1 Å². The van der Waals surface area contributed by atoms with Gasteiger partial charge in [0.1, 0.15) is 11.5 Å². The van der Waals surface area contributed by atoms with E-state index in [9.17, 15) is 30.8 Å². The van der Waals surface area contributed by atoms with Crippen LogP contribution in [0.5, 0.6) is 5.88 Å². The molecule has 174 valence electrons. The molecule has 12 heteroatoms. The molecule has 7 nitrogen and oxygen atoms in total. The van der Waals surface area contributed by atoms with Crippen LogP contribution in [0.3, 0.4) is 0 Å². The Hall–Kier alpha value is -3.15. The molecule has 1 heterocycles. The van der Waals surface area contributed by atoms with Crippen LogP contribution in [0.2, 0.25) is 0 Å². The van der Waals surface area contributed by atoms with Crippen molar-refractivity contribution in [3.8, 4) is 5.88 Å². The lowest BCUT2D eigenvalue weighted by Gasteiger charge is -2.14. The van der Waals surface area contributed by atoms with Crippen molar-refractivity contribution in [1.82, 2.24) is 10.3 Å². The summed E-state index contributed by atoms with van der Waals surface area (Å²) in [6.45, 7) is 3.18. The van der Waals surface area contributed by atoms with Crippen molar-refractivity contribution in [3.05, 3.63) is 59.0 Å². The predicted molar refractivity (Wildman–Crippen MR) is 111 cm³/mol. The van der Waals surface area contributed by atoms with Gasteiger partial charge in [-0.05, 0) is 49.8 Å². The van der Waals surface area contributed by atoms with Crippen molar-refractivity contribution in [3.63, 3.8) is 0 Å². The number of alkyl halides is 3. The lowest BCUT2D eigenvalue weighted by atomic mass is 10.2. The van der Waals surface area contributed by atoms with E-state index >= 15 is 0 Å². The fourth-order valence-electron chi connectivity index (χ4n) is 2.42. The number of anilines is 1. The maximum Gasteiger partial charge on any atom is 0.433 e. The molecule has 0 atom stereocenters. The minimum Gasteiger partial charge on any atom is -0.475 e. The quantitative estimate of drug-likeness (QED) is 0.448. The highest BCUT2D eigenvalue weighted by molar-refractivity contribution is 7.92. The van der Waals surface area contributed by atoms with Gasteiger partial charge in [-0.25, -0.2) is 17.8 Å². The summed E-state index contributed by atoms with van der Waals surface area (Å²) in [4.78, 5) is 15.5. The number of nitrogens with zero attached hydrogens (tertiary/aromatic N) is 1. The van der Waals surface area contributed by atoms with Gasteiger partial charge in [-0.1, -0.05) is 6.07 Å². The molecule has 2 rings (SSSR count). The molecule has 0 saturated heterocycles. The Balaban J connectivity index is 2.08. The fourth-order valence-corrected chi connectivity index (χ4v) is 2.98. The van der Waals surface area contributed by atoms with Crippen LogP contribution in [0, 0.1) is 5.82 Å².